The Morgan fingerprint density at radius 1 is 0.905 bits per heavy atom. The van der Waals surface area contributed by atoms with E-state index in [4.69, 9.17) is 0 Å². The van der Waals surface area contributed by atoms with Gasteiger partial charge in [0.05, 0.1) is 6.10 Å². The molecule has 2 aliphatic carbocycles. The van der Waals surface area contributed by atoms with Crippen molar-refractivity contribution in [3.8, 4) is 0 Å². The van der Waals surface area contributed by atoms with Gasteiger partial charge in [0.1, 0.15) is 0 Å². The normalized spacial score (nSPS) is 16.4. The van der Waals surface area contributed by atoms with Gasteiger partial charge in [-0.3, -0.25) is 0 Å². The van der Waals surface area contributed by atoms with Gasteiger partial charge in [-0.1, -0.05) is 23.3 Å². The first kappa shape index (κ1) is 26.2. The van der Waals surface area contributed by atoms with E-state index in [1.807, 2.05) is 6.88 Å². The Balaban J connectivity index is -0.000000621. The van der Waals surface area contributed by atoms with Crippen LogP contribution in [0.25, 0.3) is 0 Å². The van der Waals surface area contributed by atoms with Crippen molar-refractivity contribution in [2.75, 3.05) is 0 Å². The third-order valence-electron chi connectivity index (χ3n) is 3.54. The molecule has 0 saturated heterocycles. The fourth-order valence-corrected chi connectivity index (χ4v) is 2.74. The van der Waals surface area contributed by atoms with Crippen molar-refractivity contribution < 1.29 is 28.4 Å². The molecule has 0 fully saturated rings. The van der Waals surface area contributed by atoms with E-state index >= 15 is 0 Å². The Morgan fingerprint density at radius 2 is 1.19 bits per heavy atom. The minimum absolute atomic E-state index is 0. The van der Waals surface area contributed by atoms with E-state index in [1.54, 1.807) is 23.3 Å². The third kappa shape index (κ3) is 6.52. The number of hydrogen-bond donors (Lipinski definition) is 1. The summed E-state index contributed by atoms with van der Waals surface area (Å²) < 4.78 is 0. The van der Waals surface area contributed by atoms with E-state index in [9.17, 15) is 5.11 Å². The second kappa shape index (κ2) is 11.8. The first-order valence-electron chi connectivity index (χ1n) is 6.26. The van der Waals surface area contributed by atoms with Crippen LogP contribution in [0.1, 0.15) is 40.5 Å². The van der Waals surface area contributed by atoms with Gasteiger partial charge in [0.2, 0.25) is 0 Å². The van der Waals surface area contributed by atoms with Crippen molar-refractivity contribution in [3.63, 3.8) is 0 Å². The fourth-order valence-electron chi connectivity index (χ4n) is 2.74. The maximum absolute atomic E-state index is 10.4. The third-order valence-corrected chi connectivity index (χ3v) is 3.54. The first-order valence-corrected chi connectivity index (χ1v) is 12.2. The molecule has 0 aromatic heterocycles. The van der Waals surface area contributed by atoms with E-state index in [-0.39, 0.29) is 33.4 Å². The SMILES string of the molecule is CC1=CC(C)=C(C(O)C2=C(C)C=C(C)C2)C1.Cl.[CH3-].[CH3-].[SiH2]=[Zr+2]. The van der Waals surface area contributed by atoms with Crippen molar-refractivity contribution in [3.05, 3.63) is 60.4 Å². The number of rotatable bonds is 2. The van der Waals surface area contributed by atoms with Crippen LogP contribution in [0.15, 0.2) is 45.6 Å². The molecule has 0 unspecified atom stereocenters. The zero-order valence-electron chi connectivity index (χ0n) is 14.2. The summed E-state index contributed by atoms with van der Waals surface area (Å²) >= 11 is 1.58. The number of aliphatic hydroxyl groups is 1. The molecule has 1 N–H and O–H groups in total. The zero-order chi connectivity index (χ0) is 13.9. The van der Waals surface area contributed by atoms with Crippen LogP contribution < -0.4 is 0 Å². The van der Waals surface area contributed by atoms with Crippen LogP contribution in [-0.4, -0.2) is 18.1 Å². The molecule has 0 heterocycles. The van der Waals surface area contributed by atoms with Gasteiger partial charge in [0, 0.05) is 0 Å². The average Bonchev–Trinajstić information content (AvgIpc) is 2.83. The van der Waals surface area contributed by atoms with Gasteiger partial charge >= 0.3 is 30.2 Å². The molecule has 0 aromatic rings. The Hall–Kier alpha value is 0.310. The molecule has 21 heavy (non-hydrogen) atoms. The van der Waals surface area contributed by atoms with Gasteiger partial charge in [0.25, 0.3) is 0 Å². The van der Waals surface area contributed by atoms with E-state index < -0.39 is 0 Å². The van der Waals surface area contributed by atoms with Crippen LogP contribution in [0.2, 0.25) is 0 Å². The fraction of sp³-hybridized carbons (Fsp3) is 0.412. The molecular formula is C17H29ClOSiZr. The van der Waals surface area contributed by atoms with Crippen LogP contribution in [0.3, 0.4) is 0 Å². The zero-order valence-corrected chi connectivity index (χ0v) is 18.9. The molecule has 0 radical (unpaired) electrons. The molecule has 0 aromatic carbocycles. The second-order valence-corrected chi connectivity index (χ2v) is 5.15. The van der Waals surface area contributed by atoms with E-state index in [1.165, 1.54) is 33.4 Å². The summed E-state index contributed by atoms with van der Waals surface area (Å²) in [5, 5.41) is 10.4. The molecule has 0 amide bonds. The van der Waals surface area contributed by atoms with Crippen molar-refractivity contribution in [1.29, 1.82) is 0 Å². The Kier molecular flexibility index (Phi) is 14.8. The van der Waals surface area contributed by atoms with E-state index in [0.29, 0.717) is 0 Å². The van der Waals surface area contributed by atoms with Crippen molar-refractivity contribution in [1.82, 2.24) is 0 Å². The Labute approximate surface area is 154 Å². The predicted molar refractivity (Wildman–Crippen MR) is 96.8 cm³/mol. The molecule has 0 atom stereocenters. The van der Waals surface area contributed by atoms with Gasteiger partial charge in [-0.15, -0.1) is 12.4 Å². The van der Waals surface area contributed by atoms with Crippen molar-refractivity contribution in [2.24, 2.45) is 0 Å². The number of hydrogen-bond acceptors (Lipinski definition) is 1. The maximum atomic E-state index is 10.4. The summed E-state index contributed by atoms with van der Waals surface area (Å²) in [6.07, 6.45) is 5.86. The molecule has 2 aliphatic rings. The van der Waals surface area contributed by atoms with Crippen LogP contribution in [-0.2, 0) is 23.3 Å². The molecule has 4 heteroatoms. The number of halogens is 1. The Morgan fingerprint density at radius 3 is 1.38 bits per heavy atom. The van der Waals surface area contributed by atoms with Crippen LogP contribution >= 0.6 is 12.4 Å². The molecular weight excluding hydrogens is 375 g/mol. The summed E-state index contributed by atoms with van der Waals surface area (Å²) in [5.74, 6) is 0. The summed E-state index contributed by atoms with van der Waals surface area (Å²) in [7, 11) is 0. The summed E-state index contributed by atoms with van der Waals surface area (Å²) in [5.41, 5.74) is 7.58. The van der Waals surface area contributed by atoms with Gasteiger partial charge < -0.3 is 20.0 Å². The topological polar surface area (TPSA) is 20.2 Å². The van der Waals surface area contributed by atoms with Crippen LogP contribution in [0.4, 0.5) is 0 Å². The van der Waals surface area contributed by atoms with E-state index in [0.717, 1.165) is 12.8 Å². The summed E-state index contributed by atoms with van der Waals surface area (Å²) in [6, 6.07) is 0. The standard InChI is InChI=1S/C15H20O.2CH3.ClH.H2Si.Zr/c1-9-5-11(3)13(7-9)15(16)14-8-10(2)6-12(14)4;;;;;/h5-6,15-16H,7-8H2,1-4H3;2*1H3;1H;1H2;/q;2*-1;;;+2. The molecule has 0 aliphatic heterocycles. The monoisotopic (exact) mass is 402 g/mol. The van der Waals surface area contributed by atoms with Crippen molar-refractivity contribution in [2.45, 2.75) is 46.6 Å². The van der Waals surface area contributed by atoms with Gasteiger partial charge in [-0.2, -0.15) is 0 Å². The van der Waals surface area contributed by atoms with Crippen LogP contribution in [0, 0.1) is 14.9 Å². The summed E-state index contributed by atoms with van der Waals surface area (Å²) in [6.45, 7) is 10.4. The first-order chi connectivity index (χ1) is 8.49. The van der Waals surface area contributed by atoms with Gasteiger partial charge in [0.15, 0.2) is 0 Å². The van der Waals surface area contributed by atoms with Crippen molar-refractivity contribution >= 4 is 19.3 Å². The number of aliphatic hydroxyl groups excluding tert-OH is 1. The average molecular weight is 404 g/mol. The minimum atomic E-state index is -0.373. The molecule has 1 nitrogen and oxygen atoms in total. The molecule has 0 bridgehead atoms. The molecule has 2 rings (SSSR count). The van der Waals surface area contributed by atoms with Crippen LogP contribution in [0.5, 0.6) is 0 Å². The molecule has 0 spiro atoms. The van der Waals surface area contributed by atoms with Gasteiger partial charge in [-0.05, 0) is 62.8 Å². The number of allylic oxidation sites excluding steroid dienone is 6. The molecule has 118 valence electrons. The van der Waals surface area contributed by atoms with Gasteiger partial charge in [-0.25, -0.2) is 0 Å². The van der Waals surface area contributed by atoms with E-state index in [2.05, 4.69) is 39.8 Å². The predicted octanol–water partition coefficient (Wildman–Crippen LogP) is 4.08. The quantitative estimate of drug-likeness (QED) is 0.543. The Bertz CT molecular complexity index is 433. The summed E-state index contributed by atoms with van der Waals surface area (Å²) in [4.78, 5) is 0. The molecule has 0 saturated carbocycles. The second-order valence-electron chi connectivity index (χ2n) is 5.15.